The lowest BCUT2D eigenvalue weighted by atomic mass is 9.90. The molecule has 0 rings (SSSR count). The summed E-state index contributed by atoms with van der Waals surface area (Å²) in [5.74, 6) is 4.73. The molecule has 0 bridgehead atoms. The summed E-state index contributed by atoms with van der Waals surface area (Å²) < 4.78 is 0. The third kappa shape index (κ3) is 69.3. The van der Waals surface area contributed by atoms with Crippen molar-refractivity contribution in [3.05, 3.63) is 0 Å². The molecule has 0 aromatic carbocycles. The summed E-state index contributed by atoms with van der Waals surface area (Å²) in [7, 11) is 0. The van der Waals surface area contributed by atoms with Crippen molar-refractivity contribution in [2.75, 3.05) is 59.0 Å². The fourth-order valence-corrected chi connectivity index (χ4v) is 9.38. The van der Waals surface area contributed by atoms with Crippen molar-refractivity contribution >= 4 is 40.7 Å². The van der Waals surface area contributed by atoms with Crippen LogP contribution >= 0.6 is 0 Å². The molecule has 0 fully saturated rings. The first-order valence-electron chi connectivity index (χ1n) is 38.3. The average molecular weight is 1350 g/mol. The molecule has 0 saturated heterocycles. The average Bonchev–Trinajstić information content (AvgIpc) is 1.10. The second-order valence-corrected chi connectivity index (χ2v) is 32.2. The van der Waals surface area contributed by atoms with Gasteiger partial charge >= 0.3 is 0 Å². The van der Waals surface area contributed by atoms with Crippen LogP contribution in [0.25, 0.3) is 0 Å². The smallest absolute Gasteiger partial charge is 0.237 e. The van der Waals surface area contributed by atoms with Crippen molar-refractivity contribution in [1.82, 2.24) is 47.0 Å². The minimum Gasteiger partial charge on any atom is -0.348 e. The monoisotopic (exact) mass is 1350 g/mol. The van der Waals surface area contributed by atoms with E-state index in [1.54, 1.807) is 0 Å². The Kier molecular flexibility index (Phi) is 65.7. The first-order chi connectivity index (χ1) is 44.0. The van der Waals surface area contributed by atoms with E-state index in [4.69, 9.17) is 0 Å². The fraction of sp³-hybridized carbons (Fsp3) is 0.911. The molecule has 0 aliphatic carbocycles. The first kappa shape index (κ1) is 101. The standard InChI is InChI=1S/C18H35NO2.C17H35N3O2.C15H32N2O.C15H31NO.C14H30N2O/c1-14(2)9-7-11-19(12-8-10-15(3)4)18(21)13-17(20)16(5)6;1-12(2)16(21)11-19-17(22)15(20-14(5)6)9-7-8-10-18-13(3)4;1-11(2)15(18)14(17-13(5)6)9-7-8-10-16-12(3)4;1-11(2)7-8-14(10-16-13(5)6)9-15(17)12(3)4;1-11(2)7-8-16(10-15-13(5)6)9-14(17)12(3)4/h14-16H,7-13H2,1-6H3;12-15,18,20H,7-11H2,1-6H3,(H,19,22);11-14,16-17H,7-10H2,1-6H3;11-14,16H,7-10H2,1-6H3;11-13,15H,7-10H2,1-6H3. The lowest BCUT2D eigenvalue weighted by molar-refractivity contribution is -0.136. The van der Waals surface area contributed by atoms with Crippen molar-refractivity contribution in [2.45, 2.75) is 352 Å². The van der Waals surface area contributed by atoms with E-state index in [0.717, 1.165) is 135 Å². The van der Waals surface area contributed by atoms with E-state index in [-0.39, 0.29) is 84.1 Å². The molecule has 0 aromatic heterocycles. The summed E-state index contributed by atoms with van der Waals surface area (Å²) in [5.41, 5.74) is 0. The quantitative estimate of drug-likeness (QED) is 0.0172. The molecular weight excluding hydrogens is 1190 g/mol. The molecular formula is C79H163N9O7. The Bertz CT molecular complexity index is 1810. The fourth-order valence-electron chi connectivity index (χ4n) is 9.38. The van der Waals surface area contributed by atoms with Gasteiger partial charge in [-0.3, -0.25) is 38.5 Å². The molecule has 0 aliphatic heterocycles. The van der Waals surface area contributed by atoms with E-state index in [9.17, 15) is 33.6 Å². The zero-order valence-electron chi connectivity index (χ0n) is 68.1. The van der Waals surface area contributed by atoms with E-state index in [1.165, 1.54) is 6.42 Å². The summed E-state index contributed by atoms with van der Waals surface area (Å²) in [6.07, 6.45) is 14.7. The van der Waals surface area contributed by atoms with Gasteiger partial charge in [0.25, 0.3) is 0 Å². The molecule has 0 saturated carbocycles. The molecule has 95 heavy (non-hydrogen) atoms. The summed E-state index contributed by atoms with van der Waals surface area (Å²) in [4.78, 5) is 87.7. The van der Waals surface area contributed by atoms with Crippen LogP contribution < -0.4 is 37.2 Å². The molecule has 3 unspecified atom stereocenters. The van der Waals surface area contributed by atoms with Crippen molar-refractivity contribution in [1.29, 1.82) is 0 Å². The molecule has 7 N–H and O–H groups in total. The zero-order valence-corrected chi connectivity index (χ0v) is 68.1. The van der Waals surface area contributed by atoms with Crippen molar-refractivity contribution in [2.24, 2.45) is 59.2 Å². The maximum Gasteiger partial charge on any atom is 0.237 e. The van der Waals surface area contributed by atoms with Gasteiger partial charge in [-0.25, -0.2) is 0 Å². The zero-order chi connectivity index (χ0) is 74.5. The van der Waals surface area contributed by atoms with Gasteiger partial charge in [0.05, 0.1) is 31.6 Å². The number of amides is 2. The van der Waals surface area contributed by atoms with Gasteiger partial charge < -0.3 is 42.1 Å². The number of hydrogen-bond acceptors (Lipinski definition) is 14. The van der Waals surface area contributed by atoms with Crippen LogP contribution in [0.4, 0.5) is 0 Å². The summed E-state index contributed by atoms with van der Waals surface area (Å²) in [6, 6.07) is 2.43. The highest BCUT2D eigenvalue weighted by Gasteiger charge is 2.24. The van der Waals surface area contributed by atoms with Gasteiger partial charge in [-0.05, 0) is 127 Å². The number of unbranched alkanes of at least 4 members (excludes halogenated alkanes) is 2. The molecule has 16 nitrogen and oxygen atoms in total. The van der Waals surface area contributed by atoms with Gasteiger partial charge in [-0.1, -0.05) is 213 Å². The number of hydrogen-bond donors (Lipinski definition) is 7. The number of nitrogens with zero attached hydrogens (tertiary/aromatic N) is 2. The summed E-state index contributed by atoms with van der Waals surface area (Å²) in [5, 5.41) is 23.1. The third-order valence-electron chi connectivity index (χ3n) is 15.9. The number of carbonyl (C=O) groups is 7. The molecule has 0 heterocycles. The Hall–Kier alpha value is -2.99. The van der Waals surface area contributed by atoms with Crippen molar-refractivity contribution < 1.29 is 33.6 Å². The second-order valence-electron chi connectivity index (χ2n) is 32.2. The van der Waals surface area contributed by atoms with Gasteiger partial charge in [-0.15, -0.1) is 0 Å². The van der Waals surface area contributed by atoms with E-state index in [1.807, 2.05) is 88.0 Å². The van der Waals surface area contributed by atoms with Gasteiger partial charge in [0.2, 0.25) is 11.8 Å². The molecule has 0 aliphatic rings. The number of Topliss-reactive ketones (excluding diaryl/α,β-unsaturated/α-hetero) is 5. The van der Waals surface area contributed by atoms with Crippen LogP contribution in [0.3, 0.4) is 0 Å². The molecule has 2 amide bonds. The van der Waals surface area contributed by atoms with Crippen molar-refractivity contribution in [3.63, 3.8) is 0 Å². The minimum atomic E-state index is -0.223. The topological polar surface area (TPSA) is 210 Å². The maximum atomic E-state index is 12.3. The van der Waals surface area contributed by atoms with Gasteiger partial charge in [0.1, 0.15) is 17.3 Å². The van der Waals surface area contributed by atoms with E-state index in [2.05, 4.69) is 167 Å². The maximum absolute atomic E-state index is 12.3. The van der Waals surface area contributed by atoms with Crippen LogP contribution in [0.1, 0.15) is 304 Å². The van der Waals surface area contributed by atoms with Crippen LogP contribution in [-0.4, -0.2) is 158 Å². The highest BCUT2D eigenvalue weighted by atomic mass is 16.2. The first-order valence-corrected chi connectivity index (χ1v) is 38.3. The number of carbonyl (C=O) groups excluding carboxylic acids is 7. The highest BCUT2D eigenvalue weighted by molar-refractivity contribution is 5.98. The molecule has 3 atom stereocenters. The highest BCUT2D eigenvalue weighted by Crippen LogP contribution is 2.18. The van der Waals surface area contributed by atoms with E-state index < -0.39 is 0 Å². The summed E-state index contributed by atoms with van der Waals surface area (Å²) >= 11 is 0. The molecule has 566 valence electrons. The van der Waals surface area contributed by atoms with E-state index in [0.29, 0.717) is 77.8 Å². The van der Waals surface area contributed by atoms with Crippen molar-refractivity contribution in [3.8, 4) is 0 Å². The van der Waals surface area contributed by atoms with Crippen LogP contribution in [-0.2, 0) is 33.6 Å². The largest absolute Gasteiger partial charge is 0.348 e. The van der Waals surface area contributed by atoms with Crippen LogP contribution in [0.2, 0.25) is 0 Å². The van der Waals surface area contributed by atoms with E-state index >= 15 is 0 Å². The number of ketones is 5. The predicted molar refractivity (Wildman–Crippen MR) is 409 cm³/mol. The molecule has 0 spiro atoms. The van der Waals surface area contributed by atoms with Crippen LogP contribution in [0.15, 0.2) is 0 Å². The number of nitrogens with one attached hydrogen (secondary N) is 7. The Morgan fingerprint density at radius 1 is 0.347 bits per heavy atom. The van der Waals surface area contributed by atoms with Crippen LogP contribution in [0, 0.1) is 59.2 Å². The lowest BCUT2D eigenvalue weighted by Crippen LogP contribution is -2.48. The predicted octanol–water partition coefficient (Wildman–Crippen LogP) is 15.1. The van der Waals surface area contributed by atoms with Gasteiger partial charge in [0.15, 0.2) is 11.6 Å². The second kappa shape index (κ2) is 62.0. The number of rotatable bonds is 51. The van der Waals surface area contributed by atoms with Gasteiger partial charge in [-0.2, -0.15) is 0 Å². The Labute approximate surface area is 589 Å². The van der Waals surface area contributed by atoms with Gasteiger partial charge in [0, 0.05) is 98.6 Å². The SMILES string of the molecule is CC(C)CCC(CNC(C)C)CC(=O)C(C)C.CC(C)CCCN(CCCC(C)C)C(=O)CC(=O)C(C)C.CC(C)CCN(CNC(C)C)CC(=O)C(C)C.CC(C)NCCCCC(NC(C)C)C(=O)C(C)C.CC(C)NCCCCC(NC(C)C)C(=O)NCC(=O)C(C)C. The normalized spacial score (nSPS) is 12.7. The lowest BCUT2D eigenvalue weighted by Gasteiger charge is -2.24. The third-order valence-corrected chi connectivity index (χ3v) is 15.9. The molecule has 16 heteroatoms. The molecule has 0 aromatic rings. The Morgan fingerprint density at radius 2 is 0.758 bits per heavy atom. The Morgan fingerprint density at radius 3 is 1.14 bits per heavy atom. The summed E-state index contributed by atoms with van der Waals surface area (Å²) in [6.45, 7) is 69.5. The Balaban J connectivity index is -0.000000357. The van der Waals surface area contributed by atoms with Crippen LogP contribution in [0.5, 0.6) is 0 Å². The minimum absolute atomic E-state index is 0.0150. The molecule has 0 radical (unpaired) electrons.